The number of benzene rings is 1. The molecule has 2 heteroatoms. The van der Waals surface area contributed by atoms with Crippen LogP contribution in [0.3, 0.4) is 0 Å². The maximum absolute atomic E-state index is 5.99. The monoisotopic (exact) mass is 206 g/mol. The Morgan fingerprint density at radius 1 is 1.21 bits per heavy atom. The van der Waals surface area contributed by atoms with Crippen LogP contribution in [0.1, 0.15) is 11.7 Å². The van der Waals surface area contributed by atoms with Crippen molar-refractivity contribution < 1.29 is 4.43 Å². The largest absolute Gasteiger partial charge is 0.407 e. The van der Waals surface area contributed by atoms with Crippen LogP contribution in [0.4, 0.5) is 0 Å². The molecule has 0 saturated carbocycles. The molecule has 1 aromatic carbocycles. The van der Waals surface area contributed by atoms with Gasteiger partial charge in [-0.2, -0.15) is 0 Å². The molecule has 0 fully saturated rings. The SMILES string of the molecule is C=CC(O[Si](C)(C)C)c1ccccc1. The predicted octanol–water partition coefficient (Wildman–Crippen LogP) is 3.77. The molecule has 0 amide bonds. The van der Waals surface area contributed by atoms with E-state index in [0.717, 1.165) is 0 Å². The average molecular weight is 206 g/mol. The average Bonchev–Trinajstić information content (AvgIpc) is 2.14. The summed E-state index contributed by atoms with van der Waals surface area (Å²) in [7, 11) is -1.50. The fourth-order valence-corrected chi connectivity index (χ4v) is 2.27. The highest BCUT2D eigenvalue weighted by atomic mass is 28.4. The third-order valence-corrected chi connectivity index (χ3v) is 2.78. The summed E-state index contributed by atoms with van der Waals surface area (Å²) in [6.07, 6.45) is 1.91. The van der Waals surface area contributed by atoms with Gasteiger partial charge in [0.15, 0.2) is 8.32 Å². The minimum atomic E-state index is -1.50. The summed E-state index contributed by atoms with van der Waals surface area (Å²) in [4.78, 5) is 0. The maximum Gasteiger partial charge on any atom is 0.185 e. The first-order chi connectivity index (χ1) is 6.53. The van der Waals surface area contributed by atoms with Crippen LogP contribution in [-0.4, -0.2) is 8.32 Å². The molecular formula is C12H18OSi. The highest BCUT2D eigenvalue weighted by molar-refractivity contribution is 6.69. The van der Waals surface area contributed by atoms with Gasteiger partial charge in [-0.15, -0.1) is 6.58 Å². The quantitative estimate of drug-likeness (QED) is 0.538. The Labute approximate surface area is 87.5 Å². The van der Waals surface area contributed by atoms with Gasteiger partial charge in [0, 0.05) is 0 Å². The van der Waals surface area contributed by atoms with Crippen LogP contribution in [0.15, 0.2) is 43.0 Å². The molecule has 0 aromatic heterocycles. The van der Waals surface area contributed by atoms with Gasteiger partial charge >= 0.3 is 0 Å². The van der Waals surface area contributed by atoms with E-state index in [9.17, 15) is 0 Å². The van der Waals surface area contributed by atoms with E-state index in [-0.39, 0.29) is 6.10 Å². The minimum absolute atomic E-state index is 0.0443. The standard InChI is InChI=1S/C12H18OSi/c1-5-12(13-14(2,3)4)11-9-7-6-8-10-11/h5-10,12H,1H2,2-4H3. The van der Waals surface area contributed by atoms with E-state index in [1.165, 1.54) is 5.56 Å². The lowest BCUT2D eigenvalue weighted by molar-refractivity contribution is 0.248. The first-order valence-corrected chi connectivity index (χ1v) is 8.29. The second-order valence-corrected chi connectivity index (χ2v) is 8.76. The van der Waals surface area contributed by atoms with Crippen molar-refractivity contribution in [3.63, 3.8) is 0 Å². The zero-order valence-electron chi connectivity index (χ0n) is 9.16. The summed E-state index contributed by atoms with van der Waals surface area (Å²) in [6, 6.07) is 10.2. The van der Waals surface area contributed by atoms with Gasteiger partial charge in [0.1, 0.15) is 0 Å². The third-order valence-electron chi connectivity index (χ3n) is 1.82. The smallest absolute Gasteiger partial charge is 0.185 e. The summed E-state index contributed by atoms with van der Waals surface area (Å²) >= 11 is 0. The zero-order valence-corrected chi connectivity index (χ0v) is 10.2. The highest BCUT2D eigenvalue weighted by Gasteiger charge is 2.19. The number of hydrogen-bond donors (Lipinski definition) is 0. The van der Waals surface area contributed by atoms with Crippen molar-refractivity contribution in [3.8, 4) is 0 Å². The lowest BCUT2D eigenvalue weighted by atomic mass is 10.1. The molecule has 1 nitrogen and oxygen atoms in total. The minimum Gasteiger partial charge on any atom is -0.407 e. The normalized spacial score (nSPS) is 13.6. The second-order valence-electron chi connectivity index (χ2n) is 4.30. The van der Waals surface area contributed by atoms with Crippen LogP contribution in [-0.2, 0) is 4.43 Å². The Morgan fingerprint density at radius 3 is 2.21 bits per heavy atom. The lowest BCUT2D eigenvalue weighted by Crippen LogP contribution is -2.27. The molecule has 1 unspecified atom stereocenters. The van der Waals surface area contributed by atoms with Crippen molar-refractivity contribution >= 4 is 8.32 Å². The van der Waals surface area contributed by atoms with Gasteiger partial charge in [-0.1, -0.05) is 36.4 Å². The van der Waals surface area contributed by atoms with Crippen LogP contribution in [0.2, 0.25) is 19.6 Å². The Bertz CT molecular complexity index is 287. The van der Waals surface area contributed by atoms with E-state index in [1.54, 1.807) is 0 Å². The van der Waals surface area contributed by atoms with E-state index in [4.69, 9.17) is 4.43 Å². The van der Waals surface area contributed by atoms with Crippen molar-refractivity contribution in [1.29, 1.82) is 0 Å². The molecule has 0 aliphatic carbocycles. The Hall–Kier alpha value is -0.863. The second kappa shape index (κ2) is 4.58. The van der Waals surface area contributed by atoms with Gasteiger partial charge in [0.2, 0.25) is 0 Å². The Kier molecular flexibility index (Phi) is 3.67. The summed E-state index contributed by atoms with van der Waals surface area (Å²) in [5.74, 6) is 0. The van der Waals surface area contributed by atoms with Crippen molar-refractivity contribution in [3.05, 3.63) is 48.6 Å². The van der Waals surface area contributed by atoms with Crippen LogP contribution >= 0.6 is 0 Å². The fourth-order valence-electron chi connectivity index (χ4n) is 1.28. The highest BCUT2D eigenvalue weighted by Crippen LogP contribution is 2.22. The molecule has 76 valence electrons. The van der Waals surface area contributed by atoms with E-state index in [0.29, 0.717) is 0 Å². The van der Waals surface area contributed by atoms with E-state index in [1.807, 2.05) is 24.3 Å². The van der Waals surface area contributed by atoms with E-state index < -0.39 is 8.32 Å². The molecule has 1 aromatic rings. The first kappa shape index (κ1) is 11.2. The molecule has 1 atom stereocenters. The van der Waals surface area contributed by atoms with E-state index in [2.05, 4.69) is 38.4 Å². The van der Waals surface area contributed by atoms with Gasteiger partial charge in [-0.05, 0) is 25.2 Å². The molecular weight excluding hydrogens is 188 g/mol. The van der Waals surface area contributed by atoms with Crippen molar-refractivity contribution in [2.45, 2.75) is 25.7 Å². The van der Waals surface area contributed by atoms with Crippen molar-refractivity contribution in [2.24, 2.45) is 0 Å². The molecule has 0 saturated heterocycles. The molecule has 0 heterocycles. The van der Waals surface area contributed by atoms with Gasteiger partial charge in [0.25, 0.3) is 0 Å². The zero-order chi connectivity index (χ0) is 10.6. The number of rotatable bonds is 4. The molecule has 1 rings (SSSR count). The molecule has 0 aliphatic rings. The molecule has 14 heavy (non-hydrogen) atoms. The topological polar surface area (TPSA) is 9.23 Å². The summed E-state index contributed by atoms with van der Waals surface area (Å²) in [5.41, 5.74) is 1.19. The van der Waals surface area contributed by atoms with E-state index >= 15 is 0 Å². The Balaban J connectivity index is 2.78. The van der Waals surface area contributed by atoms with Gasteiger partial charge < -0.3 is 4.43 Å². The van der Waals surface area contributed by atoms with Crippen LogP contribution in [0.25, 0.3) is 0 Å². The third kappa shape index (κ3) is 3.48. The first-order valence-electron chi connectivity index (χ1n) is 4.88. The van der Waals surface area contributed by atoms with Crippen molar-refractivity contribution in [1.82, 2.24) is 0 Å². The summed E-state index contributed by atoms with van der Waals surface area (Å²) in [5, 5.41) is 0. The molecule has 0 aliphatic heterocycles. The fraction of sp³-hybridized carbons (Fsp3) is 0.333. The summed E-state index contributed by atoms with van der Waals surface area (Å²) in [6.45, 7) is 10.4. The Morgan fingerprint density at radius 2 is 1.79 bits per heavy atom. The molecule has 0 radical (unpaired) electrons. The predicted molar refractivity (Wildman–Crippen MR) is 63.8 cm³/mol. The van der Waals surface area contributed by atoms with Crippen molar-refractivity contribution in [2.75, 3.05) is 0 Å². The van der Waals surface area contributed by atoms with Crippen LogP contribution in [0, 0.1) is 0 Å². The van der Waals surface area contributed by atoms with Gasteiger partial charge in [0.05, 0.1) is 6.10 Å². The molecule has 0 bridgehead atoms. The maximum atomic E-state index is 5.99. The van der Waals surface area contributed by atoms with Gasteiger partial charge in [-0.25, -0.2) is 0 Å². The lowest BCUT2D eigenvalue weighted by Gasteiger charge is -2.24. The molecule has 0 N–H and O–H groups in total. The number of hydrogen-bond acceptors (Lipinski definition) is 1. The van der Waals surface area contributed by atoms with Gasteiger partial charge in [-0.3, -0.25) is 0 Å². The molecule has 0 spiro atoms. The van der Waals surface area contributed by atoms with Crippen LogP contribution in [0.5, 0.6) is 0 Å². The van der Waals surface area contributed by atoms with Crippen LogP contribution < -0.4 is 0 Å². The summed E-state index contributed by atoms with van der Waals surface area (Å²) < 4.78 is 5.99.